The molecule has 0 radical (unpaired) electrons. The summed E-state index contributed by atoms with van der Waals surface area (Å²) in [5.41, 5.74) is 1.59. The summed E-state index contributed by atoms with van der Waals surface area (Å²) in [7, 11) is -2.05. The Morgan fingerprint density at radius 1 is 1.12 bits per heavy atom. The van der Waals surface area contributed by atoms with Gasteiger partial charge in [-0.25, -0.2) is 13.7 Å². The Balaban J connectivity index is 1.35. The van der Waals surface area contributed by atoms with Crippen molar-refractivity contribution in [2.75, 3.05) is 38.3 Å². The molecule has 3 amide bonds. The second kappa shape index (κ2) is 13.5. The zero-order valence-electron chi connectivity index (χ0n) is 28.5. The third kappa shape index (κ3) is 6.83. The van der Waals surface area contributed by atoms with Crippen molar-refractivity contribution in [1.29, 1.82) is 0 Å². The molecule has 2 N–H and O–H groups in total. The van der Waals surface area contributed by atoms with Gasteiger partial charge < -0.3 is 24.4 Å². The van der Waals surface area contributed by atoms with E-state index >= 15 is 0 Å². The quantitative estimate of drug-likeness (QED) is 0.357. The van der Waals surface area contributed by atoms with Crippen molar-refractivity contribution in [2.45, 2.75) is 93.3 Å². The fourth-order valence-corrected chi connectivity index (χ4v) is 9.71. The van der Waals surface area contributed by atoms with Gasteiger partial charge in [-0.05, 0) is 119 Å². The third-order valence-electron chi connectivity index (χ3n) is 11.2. The van der Waals surface area contributed by atoms with Crippen LogP contribution in [0.1, 0.15) is 69.9 Å². The molecule has 5 aliphatic rings. The summed E-state index contributed by atoms with van der Waals surface area (Å²) in [5, 5.41) is 3.62. The second-order valence-corrected chi connectivity index (χ2v) is 17.2. The highest BCUT2D eigenvalue weighted by atomic mass is 35.5. The van der Waals surface area contributed by atoms with E-state index in [1.807, 2.05) is 18.2 Å². The lowest BCUT2D eigenvalue weighted by molar-refractivity contribution is -0.137. The minimum absolute atomic E-state index is 0.00295. The van der Waals surface area contributed by atoms with E-state index in [-0.39, 0.29) is 29.1 Å². The smallest absolute Gasteiger partial charge is 0.327 e. The SMILES string of the molecule is CO[C@H]1C=CCOC(C)(C)C(=O)N=[S@@](=O)(NC(=O)NC2CCC2)c2ccc3c(c2)N(C[C@@H]2CC[C@H]21)C[C@@]1(CCCc2cc(Cl)ccc21)CO3. The highest BCUT2D eigenvalue weighted by Gasteiger charge is 2.45. The summed E-state index contributed by atoms with van der Waals surface area (Å²) in [6, 6.07) is 10.8. The molecule has 2 aliphatic heterocycles. The van der Waals surface area contributed by atoms with Crippen LogP contribution in [-0.2, 0) is 36.0 Å². The average Bonchev–Trinajstić information content (AvgIpc) is 3.18. The number of carbonyl (C=O) groups excluding carboxylic acids is 2. The Labute approximate surface area is 294 Å². The number of carbonyl (C=O) groups is 2. The molecular weight excluding hydrogens is 664 g/mol. The second-order valence-electron chi connectivity index (χ2n) is 14.8. The summed E-state index contributed by atoms with van der Waals surface area (Å²) in [6.07, 6.45) is 11.6. The molecule has 2 heterocycles. The lowest BCUT2D eigenvalue weighted by atomic mass is 9.68. The molecule has 2 fully saturated rings. The standard InChI is InChI=1S/C37H47ClN4O6S/c1-36(2)34(43)40-49(45,41-35(44)39-27-8-4-9-27)28-13-16-33-31(20-28)42(21-25-11-14-29(25)32(46-3)10-6-18-48-36)22-37(23-47-33)17-5-7-24-19-26(38)12-15-30(24)37/h6,10,12-13,15-16,19-20,25,27,29,32H,4-5,7-9,11,14,17-18,21-23H2,1-3H3,(H2,39,40,41,43,44,45)/t25-,29+,32-,37-,49+/m0/s1. The molecular formula is C37H47ClN4O6S. The highest BCUT2D eigenvalue weighted by molar-refractivity contribution is 7.92. The van der Waals surface area contributed by atoms with Crippen LogP contribution in [0.15, 0.2) is 57.8 Å². The average molecular weight is 711 g/mol. The normalized spacial score (nSPS) is 31.1. The van der Waals surface area contributed by atoms with Gasteiger partial charge in [0.25, 0.3) is 5.91 Å². The number of methoxy groups -OCH3 is 1. The van der Waals surface area contributed by atoms with Gasteiger partial charge in [0, 0.05) is 36.7 Å². The predicted molar refractivity (Wildman–Crippen MR) is 190 cm³/mol. The monoisotopic (exact) mass is 710 g/mol. The topological polar surface area (TPSA) is 119 Å². The van der Waals surface area contributed by atoms with Gasteiger partial charge in [-0.2, -0.15) is 0 Å². The number of fused-ring (bicyclic) bond motifs is 4. The Morgan fingerprint density at radius 3 is 2.69 bits per heavy atom. The lowest BCUT2D eigenvalue weighted by Gasteiger charge is -2.46. The van der Waals surface area contributed by atoms with Crippen LogP contribution in [0.4, 0.5) is 10.5 Å². The van der Waals surface area contributed by atoms with E-state index in [2.05, 4.69) is 31.4 Å². The number of halogens is 1. The van der Waals surface area contributed by atoms with Gasteiger partial charge in [0.1, 0.15) is 11.4 Å². The number of urea groups is 1. The van der Waals surface area contributed by atoms with Gasteiger partial charge in [0.05, 0.1) is 29.9 Å². The number of ether oxygens (including phenoxy) is 3. The van der Waals surface area contributed by atoms with Gasteiger partial charge in [-0.3, -0.25) is 4.79 Å². The molecule has 0 unspecified atom stereocenters. The van der Waals surface area contributed by atoms with E-state index in [1.165, 1.54) is 11.1 Å². The molecule has 2 bridgehead atoms. The van der Waals surface area contributed by atoms with Crippen LogP contribution in [0.5, 0.6) is 5.75 Å². The molecule has 1 spiro atoms. The first-order chi connectivity index (χ1) is 23.5. The largest absolute Gasteiger partial charge is 0.490 e. The van der Waals surface area contributed by atoms with Crippen LogP contribution >= 0.6 is 11.6 Å². The highest BCUT2D eigenvalue weighted by Crippen LogP contribution is 2.47. The Bertz CT molecular complexity index is 1770. The molecule has 12 heteroatoms. The summed E-state index contributed by atoms with van der Waals surface area (Å²) in [4.78, 5) is 29.5. The van der Waals surface area contributed by atoms with Crippen LogP contribution in [0, 0.1) is 11.8 Å². The van der Waals surface area contributed by atoms with E-state index in [4.69, 9.17) is 25.8 Å². The van der Waals surface area contributed by atoms with Crippen LogP contribution in [0.3, 0.4) is 0 Å². The molecule has 3 aliphatic carbocycles. The molecule has 0 saturated heterocycles. The number of aryl methyl sites for hydroxylation is 1. The van der Waals surface area contributed by atoms with Crippen molar-refractivity contribution in [3.05, 3.63) is 64.7 Å². The molecule has 264 valence electrons. The van der Waals surface area contributed by atoms with Crippen LogP contribution in [0.2, 0.25) is 5.02 Å². The number of rotatable bonds is 3. The first-order valence-electron chi connectivity index (χ1n) is 17.5. The van der Waals surface area contributed by atoms with Crippen molar-refractivity contribution in [3.63, 3.8) is 0 Å². The number of nitrogens with zero attached hydrogens (tertiary/aromatic N) is 2. The van der Waals surface area contributed by atoms with E-state index in [1.54, 1.807) is 39.2 Å². The first kappa shape index (κ1) is 34.3. The molecule has 0 aromatic heterocycles. The third-order valence-corrected chi connectivity index (χ3v) is 13.2. The van der Waals surface area contributed by atoms with Crippen molar-refractivity contribution >= 4 is 39.1 Å². The fraction of sp³-hybridized carbons (Fsp3) is 0.568. The Morgan fingerprint density at radius 2 is 1.96 bits per heavy atom. The maximum absolute atomic E-state index is 14.9. The molecule has 2 saturated carbocycles. The van der Waals surface area contributed by atoms with E-state index in [0.29, 0.717) is 30.7 Å². The molecule has 2 aromatic carbocycles. The van der Waals surface area contributed by atoms with Crippen LogP contribution in [0.25, 0.3) is 0 Å². The van der Waals surface area contributed by atoms with E-state index in [0.717, 1.165) is 68.6 Å². The molecule has 7 rings (SSSR count). The summed E-state index contributed by atoms with van der Waals surface area (Å²) in [6.45, 7) is 5.24. The van der Waals surface area contributed by atoms with Gasteiger partial charge in [-0.1, -0.05) is 29.8 Å². The number of anilines is 1. The van der Waals surface area contributed by atoms with Gasteiger partial charge in [0.15, 0.2) is 9.92 Å². The number of nitrogens with one attached hydrogen (secondary N) is 2. The molecule has 2 aromatic rings. The summed E-state index contributed by atoms with van der Waals surface area (Å²) in [5.74, 6) is 0.562. The number of benzene rings is 2. The maximum Gasteiger partial charge on any atom is 0.327 e. The van der Waals surface area contributed by atoms with Crippen LogP contribution < -0.4 is 19.7 Å². The predicted octanol–water partition coefficient (Wildman–Crippen LogP) is 6.34. The summed E-state index contributed by atoms with van der Waals surface area (Å²) >= 11 is 6.46. The van der Waals surface area contributed by atoms with E-state index in [9.17, 15) is 13.8 Å². The van der Waals surface area contributed by atoms with Gasteiger partial charge in [0.2, 0.25) is 0 Å². The summed E-state index contributed by atoms with van der Waals surface area (Å²) < 4.78 is 40.4. The van der Waals surface area contributed by atoms with Crippen molar-refractivity contribution in [1.82, 2.24) is 10.0 Å². The first-order valence-corrected chi connectivity index (χ1v) is 19.4. The Hall–Kier alpha value is -3.12. The molecule has 5 atom stereocenters. The van der Waals surface area contributed by atoms with Crippen molar-refractivity contribution in [3.8, 4) is 5.75 Å². The lowest BCUT2D eigenvalue weighted by Crippen LogP contribution is -2.49. The Kier molecular flexibility index (Phi) is 9.49. The number of hydrogen-bond acceptors (Lipinski definition) is 7. The minimum Gasteiger partial charge on any atom is -0.490 e. The zero-order valence-corrected chi connectivity index (χ0v) is 30.1. The van der Waals surface area contributed by atoms with E-state index < -0.39 is 27.5 Å². The number of hydrogen-bond donors (Lipinski definition) is 2. The fourth-order valence-electron chi connectivity index (χ4n) is 7.96. The van der Waals surface area contributed by atoms with Crippen molar-refractivity contribution in [2.24, 2.45) is 16.2 Å². The van der Waals surface area contributed by atoms with Crippen LogP contribution in [-0.4, -0.2) is 67.3 Å². The van der Waals surface area contributed by atoms with Gasteiger partial charge >= 0.3 is 6.03 Å². The van der Waals surface area contributed by atoms with Gasteiger partial charge in [-0.15, -0.1) is 4.36 Å². The molecule has 49 heavy (non-hydrogen) atoms. The molecule has 10 nitrogen and oxygen atoms in total. The minimum atomic E-state index is -3.79. The zero-order chi connectivity index (χ0) is 34.4. The number of amides is 3. The maximum atomic E-state index is 14.9. The van der Waals surface area contributed by atoms with Crippen molar-refractivity contribution < 1.29 is 28.0 Å².